The quantitative estimate of drug-likeness (QED) is 0.523. The topological polar surface area (TPSA) is 68.2 Å². The second-order valence-electron chi connectivity index (χ2n) is 4.50. The van der Waals surface area contributed by atoms with Crippen LogP contribution in [0, 0.1) is 0 Å². The molecular weight excluding hydrogens is 236 g/mol. The molecule has 84 valence electrons. The molecule has 1 fully saturated rings. The lowest BCUT2D eigenvalue weighted by atomic mass is 11.5. The predicted molar refractivity (Wildman–Crippen MR) is 58.1 cm³/mol. The number of hydrogen-bond acceptors (Lipinski definition) is 5. The van der Waals surface area contributed by atoms with Crippen molar-refractivity contribution >= 4 is 25.7 Å². The Bertz CT molecular complexity index is 214. The fourth-order valence-electron chi connectivity index (χ4n) is 1.74. The Hall–Kier alpha value is 0.451. The van der Waals surface area contributed by atoms with Crippen molar-refractivity contribution in [1.29, 1.82) is 0 Å². The van der Waals surface area contributed by atoms with Gasteiger partial charge in [-0.3, -0.25) is 0 Å². The van der Waals surface area contributed by atoms with Gasteiger partial charge in [0, 0.05) is 0 Å². The van der Waals surface area contributed by atoms with E-state index in [-0.39, 0.29) is 0 Å². The van der Waals surface area contributed by atoms with Crippen molar-refractivity contribution in [2.24, 2.45) is 0 Å². The first-order valence-electron chi connectivity index (χ1n) is 4.53. The average molecular weight is 254 g/mol. The standard InChI is InChI=1S/C6H18O5Si3/c1-12(2)9-13(3,4)11-14(5,10-12)6(7)8/h6-8H,1-5H3. The third kappa shape index (κ3) is 2.73. The molecule has 1 aliphatic heterocycles. The molecule has 0 unspecified atom stereocenters. The normalized spacial score (nSPS) is 29.1. The highest BCUT2D eigenvalue weighted by Crippen LogP contribution is 2.31. The molecule has 0 bridgehead atoms. The van der Waals surface area contributed by atoms with Crippen LogP contribution in [0.25, 0.3) is 0 Å². The Morgan fingerprint density at radius 3 is 1.43 bits per heavy atom. The van der Waals surface area contributed by atoms with Crippen LogP contribution in [0.1, 0.15) is 0 Å². The average Bonchev–Trinajstić information content (AvgIpc) is 1.76. The van der Waals surface area contributed by atoms with Crippen LogP contribution in [-0.2, 0) is 12.3 Å². The van der Waals surface area contributed by atoms with Crippen molar-refractivity contribution in [2.45, 2.75) is 38.6 Å². The highest BCUT2D eigenvalue weighted by molar-refractivity contribution is 6.93. The molecule has 0 saturated carbocycles. The minimum atomic E-state index is -2.88. The summed E-state index contributed by atoms with van der Waals surface area (Å²) in [6, 6.07) is 0. The zero-order chi connectivity index (χ0) is 11.2. The molecule has 8 heteroatoms. The Balaban J connectivity index is 2.92. The van der Waals surface area contributed by atoms with Gasteiger partial charge in [-0.2, -0.15) is 0 Å². The van der Waals surface area contributed by atoms with Crippen LogP contribution in [0.3, 0.4) is 0 Å². The maximum absolute atomic E-state index is 9.26. The lowest BCUT2D eigenvalue weighted by Crippen LogP contribution is -2.69. The first-order valence-corrected chi connectivity index (χ1v) is 12.6. The molecule has 0 atom stereocenters. The minimum absolute atomic E-state index is 1.51. The second-order valence-corrected chi connectivity index (χ2v) is 15.1. The van der Waals surface area contributed by atoms with Crippen molar-refractivity contribution < 1.29 is 22.6 Å². The summed E-state index contributed by atoms with van der Waals surface area (Å²) >= 11 is 0. The first kappa shape index (κ1) is 12.5. The molecule has 0 aliphatic carbocycles. The van der Waals surface area contributed by atoms with Crippen molar-refractivity contribution in [3.05, 3.63) is 0 Å². The second kappa shape index (κ2) is 3.49. The van der Waals surface area contributed by atoms with Crippen LogP contribution in [0.5, 0.6) is 0 Å². The van der Waals surface area contributed by atoms with Gasteiger partial charge in [0.15, 0.2) is 5.91 Å². The summed E-state index contributed by atoms with van der Waals surface area (Å²) in [4.78, 5) is 0. The summed E-state index contributed by atoms with van der Waals surface area (Å²) in [5.41, 5.74) is 0. The van der Waals surface area contributed by atoms with Gasteiger partial charge in [-0.1, -0.05) is 0 Å². The molecule has 5 nitrogen and oxygen atoms in total. The third-order valence-electron chi connectivity index (χ3n) is 1.86. The zero-order valence-corrected chi connectivity index (χ0v) is 12.2. The lowest BCUT2D eigenvalue weighted by molar-refractivity contribution is -0.0117. The number of aliphatic hydroxyl groups is 2. The van der Waals surface area contributed by atoms with E-state index in [2.05, 4.69) is 0 Å². The summed E-state index contributed by atoms with van der Waals surface area (Å²) in [5.74, 6) is -1.51. The van der Waals surface area contributed by atoms with Crippen molar-refractivity contribution in [2.75, 3.05) is 0 Å². The molecular formula is C6H18O5Si3. The van der Waals surface area contributed by atoms with Crippen LogP contribution in [0.15, 0.2) is 0 Å². The highest BCUT2D eigenvalue weighted by Gasteiger charge is 2.56. The molecule has 1 saturated heterocycles. The van der Waals surface area contributed by atoms with Crippen LogP contribution in [0.4, 0.5) is 0 Å². The maximum Gasteiger partial charge on any atom is 0.375 e. The number of rotatable bonds is 1. The van der Waals surface area contributed by atoms with Gasteiger partial charge in [0.25, 0.3) is 0 Å². The summed E-state index contributed by atoms with van der Waals surface area (Å²) in [6.07, 6.45) is 0. The third-order valence-corrected chi connectivity index (χ3v) is 13.9. The lowest BCUT2D eigenvalue weighted by Gasteiger charge is -2.48. The molecule has 0 spiro atoms. The van der Waals surface area contributed by atoms with E-state index >= 15 is 0 Å². The molecule has 1 heterocycles. The molecule has 0 aromatic heterocycles. The molecule has 1 rings (SSSR count). The summed E-state index contributed by atoms with van der Waals surface area (Å²) < 4.78 is 17.0. The number of hydrogen-bond donors (Lipinski definition) is 2. The van der Waals surface area contributed by atoms with Gasteiger partial charge in [0.1, 0.15) is 0 Å². The molecule has 14 heavy (non-hydrogen) atoms. The predicted octanol–water partition coefficient (Wildman–Crippen LogP) is 0.375. The van der Waals surface area contributed by atoms with Gasteiger partial charge in [0.2, 0.25) is 0 Å². The molecule has 0 radical (unpaired) electrons. The SMILES string of the molecule is C[Si]1(C)O[Si](C)(C)O[Si](C)(C(O)O)O1. The summed E-state index contributed by atoms with van der Waals surface area (Å²) in [5, 5.41) is 18.5. The Labute approximate surface area is 87.4 Å². The number of aliphatic hydroxyl groups excluding tert-OH is 1. The fourth-order valence-corrected chi connectivity index (χ4v) is 16.7. The zero-order valence-electron chi connectivity index (χ0n) is 9.20. The Morgan fingerprint density at radius 1 is 0.786 bits per heavy atom. The largest absolute Gasteiger partial charge is 0.416 e. The molecule has 0 amide bonds. The Morgan fingerprint density at radius 2 is 1.14 bits per heavy atom. The van der Waals surface area contributed by atoms with Gasteiger partial charge < -0.3 is 22.6 Å². The fraction of sp³-hybridized carbons (Fsp3) is 1.00. The van der Waals surface area contributed by atoms with Gasteiger partial charge >= 0.3 is 25.7 Å². The maximum atomic E-state index is 9.26. The van der Waals surface area contributed by atoms with Gasteiger partial charge in [0.05, 0.1) is 0 Å². The van der Waals surface area contributed by atoms with Crippen molar-refractivity contribution in [1.82, 2.24) is 0 Å². The van der Waals surface area contributed by atoms with Crippen LogP contribution in [-0.4, -0.2) is 41.8 Å². The smallest absolute Gasteiger partial charge is 0.375 e. The molecule has 2 N–H and O–H groups in total. The minimum Gasteiger partial charge on any atom is -0.416 e. The van der Waals surface area contributed by atoms with Gasteiger partial charge in [-0.05, 0) is 32.7 Å². The van der Waals surface area contributed by atoms with Gasteiger partial charge in [-0.25, -0.2) is 0 Å². The van der Waals surface area contributed by atoms with Crippen LogP contribution >= 0.6 is 0 Å². The van der Waals surface area contributed by atoms with E-state index in [4.69, 9.17) is 12.3 Å². The Kier molecular flexibility index (Phi) is 3.12. The van der Waals surface area contributed by atoms with Crippen molar-refractivity contribution in [3.8, 4) is 0 Å². The summed E-state index contributed by atoms with van der Waals surface area (Å²) in [6.45, 7) is 9.27. The summed E-state index contributed by atoms with van der Waals surface area (Å²) in [7, 11) is -7.37. The van der Waals surface area contributed by atoms with E-state index in [9.17, 15) is 10.2 Å². The molecule has 1 aliphatic rings. The van der Waals surface area contributed by atoms with E-state index in [1.54, 1.807) is 6.55 Å². The van der Waals surface area contributed by atoms with E-state index < -0.39 is 31.6 Å². The monoisotopic (exact) mass is 254 g/mol. The van der Waals surface area contributed by atoms with Crippen molar-refractivity contribution in [3.63, 3.8) is 0 Å². The van der Waals surface area contributed by atoms with E-state index in [0.29, 0.717) is 0 Å². The van der Waals surface area contributed by atoms with E-state index in [1.165, 1.54) is 0 Å². The van der Waals surface area contributed by atoms with Crippen LogP contribution in [0.2, 0.25) is 32.7 Å². The van der Waals surface area contributed by atoms with E-state index in [0.717, 1.165) is 0 Å². The van der Waals surface area contributed by atoms with E-state index in [1.807, 2.05) is 26.2 Å². The molecule has 0 aromatic carbocycles. The van der Waals surface area contributed by atoms with Crippen LogP contribution < -0.4 is 0 Å². The molecule has 0 aromatic rings. The first-order chi connectivity index (χ1) is 6.06. The highest BCUT2D eigenvalue weighted by atomic mass is 28.5. The van der Waals surface area contributed by atoms with Gasteiger partial charge in [-0.15, -0.1) is 0 Å².